The van der Waals surface area contributed by atoms with Crippen LogP contribution in [-0.4, -0.2) is 26.6 Å². The van der Waals surface area contributed by atoms with Gasteiger partial charge >= 0.3 is 0 Å². The second-order valence-electron chi connectivity index (χ2n) is 6.16. The van der Waals surface area contributed by atoms with Crippen LogP contribution in [0.2, 0.25) is 18.1 Å². The predicted octanol–water partition coefficient (Wildman–Crippen LogP) is 3.19. The summed E-state index contributed by atoms with van der Waals surface area (Å²) in [5.41, 5.74) is -0.253. The van der Waals surface area contributed by atoms with Crippen LogP contribution in [0.1, 0.15) is 34.6 Å². The largest absolute Gasteiger partial charge is 0.414 e. The molecule has 16 heavy (non-hydrogen) atoms. The molecule has 0 saturated carbocycles. The molecule has 1 heterocycles. The molecule has 3 heteroatoms. The molecule has 0 radical (unpaired) electrons. The maximum Gasteiger partial charge on any atom is 0.192 e. The van der Waals surface area contributed by atoms with Crippen LogP contribution in [0.25, 0.3) is 0 Å². The summed E-state index contributed by atoms with van der Waals surface area (Å²) >= 11 is 0. The van der Waals surface area contributed by atoms with Gasteiger partial charge in [0.1, 0.15) is 6.10 Å². The van der Waals surface area contributed by atoms with Gasteiger partial charge in [-0.05, 0) is 32.0 Å². The zero-order valence-electron chi connectivity index (χ0n) is 11.6. The molecule has 1 fully saturated rings. The third kappa shape index (κ3) is 2.88. The Bertz CT molecular complexity index is 319. The maximum atomic E-state index is 6.11. The van der Waals surface area contributed by atoms with Crippen molar-refractivity contribution in [2.45, 2.75) is 64.5 Å². The lowest BCUT2D eigenvalue weighted by molar-refractivity contribution is 0.240. The monoisotopic (exact) mass is 240 g/mol. The first-order valence-electron chi connectivity index (χ1n) is 5.88. The normalized spacial score (nSPS) is 29.6. The van der Waals surface area contributed by atoms with E-state index in [9.17, 15) is 0 Å². The molecule has 0 bridgehead atoms. The second kappa shape index (κ2) is 4.18. The topological polar surface area (TPSA) is 21.8 Å². The van der Waals surface area contributed by atoms with E-state index in [2.05, 4.69) is 45.7 Å². The molecule has 0 unspecified atom stereocenters. The molecule has 1 aliphatic rings. The summed E-state index contributed by atoms with van der Waals surface area (Å²) in [5.74, 6) is 5.99. The van der Waals surface area contributed by atoms with Gasteiger partial charge < -0.3 is 9.16 Å². The Morgan fingerprint density at radius 1 is 1.38 bits per heavy atom. The van der Waals surface area contributed by atoms with Crippen molar-refractivity contribution < 1.29 is 9.16 Å². The highest BCUT2D eigenvalue weighted by Crippen LogP contribution is 2.40. The number of ether oxygens (including phenoxy) is 1. The highest BCUT2D eigenvalue weighted by atomic mass is 28.4. The average molecular weight is 240 g/mol. The molecule has 0 spiro atoms. The minimum atomic E-state index is -1.64. The molecule has 0 aromatic rings. The smallest absolute Gasteiger partial charge is 0.192 e. The lowest BCUT2D eigenvalue weighted by atomic mass is 10.1. The SMILES string of the molecule is CC#C[C@@]1(C)O[C@@H]1CO[Si](C)(C)C(C)(C)C. The molecule has 1 aliphatic heterocycles. The van der Waals surface area contributed by atoms with Crippen LogP contribution in [0.4, 0.5) is 0 Å². The molecular formula is C13H24O2Si. The minimum absolute atomic E-state index is 0.161. The molecule has 1 rings (SSSR count). The van der Waals surface area contributed by atoms with Gasteiger partial charge in [0.2, 0.25) is 0 Å². The first-order chi connectivity index (χ1) is 7.12. The molecule has 1 saturated heterocycles. The van der Waals surface area contributed by atoms with Crippen molar-refractivity contribution in [3.8, 4) is 11.8 Å². The first kappa shape index (κ1) is 13.8. The predicted molar refractivity (Wildman–Crippen MR) is 69.9 cm³/mol. The summed E-state index contributed by atoms with van der Waals surface area (Å²) in [4.78, 5) is 0. The number of hydrogen-bond donors (Lipinski definition) is 0. The van der Waals surface area contributed by atoms with E-state index in [1.807, 2.05) is 13.8 Å². The van der Waals surface area contributed by atoms with E-state index in [4.69, 9.17) is 9.16 Å². The fourth-order valence-corrected chi connectivity index (χ4v) is 2.31. The van der Waals surface area contributed by atoms with E-state index >= 15 is 0 Å². The van der Waals surface area contributed by atoms with Crippen LogP contribution in [0.3, 0.4) is 0 Å². The second-order valence-corrected chi connectivity index (χ2v) is 11.0. The van der Waals surface area contributed by atoms with Gasteiger partial charge in [-0.2, -0.15) is 0 Å². The summed E-state index contributed by atoms with van der Waals surface area (Å²) in [6.45, 7) is 15.8. The van der Waals surface area contributed by atoms with E-state index in [1.54, 1.807) is 0 Å². The lowest BCUT2D eigenvalue weighted by Crippen LogP contribution is -2.42. The molecule has 92 valence electrons. The molecule has 0 N–H and O–H groups in total. The van der Waals surface area contributed by atoms with Gasteiger partial charge in [0, 0.05) is 0 Å². The molecule has 2 atom stereocenters. The van der Waals surface area contributed by atoms with Gasteiger partial charge in [0.25, 0.3) is 0 Å². The molecular weight excluding hydrogens is 216 g/mol. The van der Waals surface area contributed by atoms with E-state index in [1.165, 1.54) is 0 Å². The molecule has 0 aromatic heterocycles. The molecule has 2 nitrogen and oxygen atoms in total. The van der Waals surface area contributed by atoms with Crippen LogP contribution in [0.15, 0.2) is 0 Å². The Kier molecular flexibility index (Phi) is 3.59. The highest BCUT2D eigenvalue weighted by molar-refractivity contribution is 6.74. The fourth-order valence-electron chi connectivity index (χ4n) is 1.31. The van der Waals surface area contributed by atoms with Crippen molar-refractivity contribution in [3.63, 3.8) is 0 Å². The quantitative estimate of drug-likeness (QED) is 0.429. The Hall–Kier alpha value is -0.303. The van der Waals surface area contributed by atoms with Gasteiger partial charge in [0.05, 0.1) is 6.61 Å². The Morgan fingerprint density at radius 3 is 2.38 bits per heavy atom. The first-order valence-corrected chi connectivity index (χ1v) is 8.79. The number of epoxide rings is 1. The molecule has 0 aromatic carbocycles. The van der Waals surface area contributed by atoms with Gasteiger partial charge in [-0.3, -0.25) is 0 Å². The van der Waals surface area contributed by atoms with Crippen LogP contribution in [0.5, 0.6) is 0 Å². The van der Waals surface area contributed by atoms with E-state index in [0.717, 1.165) is 0 Å². The van der Waals surface area contributed by atoms with Crippen molar-refractivity contribution in [2.75, 3.05) is 6.61 Å². The van der Waals surface area contributed by atoms with Crippen LogP contribution < -0.4 is 0 Å². The zero-order chi connectivity index (χ0) is 12.6. The van der Waals surface area contributed by atoms with Gasteiger partial charge in [-0.25, -0.2) is 0 Å². The van der Waals surface area contributed by atoms with Crippen molar-refractivity contribution in [2.24, 2.45) is 0 Å². The van der Waals surface area contributed by atoms with Crippen molar-refractivity contribution >= 4 is 8.32 Å². The van der Waals surface area contributed by atoms with Crippen molar-refractivity contribution in [3.05, 3.63) is 0 Å². The average Bonchev–Trinajstić information content (AvgIpc) is 2.72. The van der Waals surface area contributed by atoms with E-state index in [0.29, 0.717) is 6.61 Å². The summed E-state index contributed by atoms with van der Waals surface area (Å²) in [5, 5.41) is 0.259. The Morgan fingerprint density at radius 2 is 1.94 bits per heavy atom. The minimum Gasteiger partial charge on any atom is -0.414 e. The third-order valence-electron chi connectivity index (χ3n) is 3.72. The third-order valence-corrected chi connectivity index (χ3v) is 8.22. The lowest BCUT2D eigenvalue weighted by Gasteiger charge is -2.36. The van der Waals surface area contributed by atoms with Crippen molar-refractivity contribution in [1.82, 2.24) is 0 Å². The standard InChI is InChI=1S/C13H24O2Si/c1-8-9-13(5)11(15-13)10-14-16(6,7)12(2,3)4/h11H,10H2,1-7H3/t11-,13-/m1/s1. The summed E-state index contributed by atoms with van der Waals surface area (Å²) < 4.78 is 11.7. The van der Waals surface area contributed by atoms with Gasteiger partial charge in [0.15, 0.2) is 13.9 Å². The van der Waals surface area contributed by atoms with Crippen LogP contribution in [0, 0.1) is 11.8 Å². The Balaban J connectivity index is 2.46. The molecule has 0 amide bonds. The summed E-state index contributed by atoms with van der Waals surface area (Å²) in [6.07, 6.45) is 0.161. The summed E-state index contributed by atoms with van der Waals surface area (Å²) in [7, 11) is -1.64. The van der Waals surface area contributed by atoms with Crippen LogP contribution in [-0.2, 0) is 9.16 Å². The van der Waals surface area contributed by atoms with E-state index < -0.39 is 8.32 Å². The fraction of sp³-hybridized carbons (Fsp3) is 0.846. The zero-order valence-corrected chi connectivity index (χ0v) is 12.6. The van der Waals surface area contributed by atoms with Crippen molar-refractivity contribution in [1.29, 1.82) is 0 Å². The number of rotatable bonds is 3. The van der Waals surface area contributed by atoms with Gasteiger partial charge in [-0.15, -0.1) is 5.92 Å². The summed E-state index contributed by atoms with van der Waals surface area (Å²) in [6, 6.07) is 0. The number of hydrogen-bond acceptors (Lipinski definition) is 2. The van der Waals surface area contributed by atoms with E-state index in [-0.39, 0.29) is 16.7 Å². The van der Waals surface area contributed by atoms with Gasteiger partial charge in [-0.1, -0.05) is 26.7 Å². The Labute approximate surface area is 101 Å². The molecule has 0 aliphatic carbocycles. The maximum absolute atomic E-state index is 6.11. The highest BCUT2D eigenvalue weighted by Gasteiger charge is 2.52. The van der Waals surface area contributed by atoms with Crippen LogP contribution >= 0.6 is 0 Å².